The molecule has 0 bridgehead atoms. The van der Waals surface area contributed by atoms with E-state index in [9.17, 15) is 0 Å². The first-order valence-electron chi connectivity index (χ1n) is 14.1. The van der Waals surface area contributed by atoms with Gasteiger partial charge in [-0.1, -0.05) is 60.3 Å². The maximum atomic E-state index is 5.63. The molecule has 0 aromatic carbocycles. The van der Waals surface area contributed by atoms with Gasteiger partial charge in [0.05, 0.1) is 0 Å². The highest BCUT2D eigenvalue weighted by atomic mass is 14.5. The van der Waals surface area contributed by atoms with Crippen LogP contribution in [0, 0.1) is 41.4 Å². The molecule has 1 saturated carbocycles. The molecule has 5 atom stereocenters. The van der Waals surface area contributed by atoms with Crippen LogP contribution in [0.3, 0.4) is 0 Å². The van der Waals surface area contributed by atoms with Gasteiger partial charge in [0.15, 0.2) is 0 Å². The smallest absolute Gasteiger partial charge is 0.0106 e. The van der Waals surface area contributed by atoms with Crippen LogP contribution >= 0.6 is 0 Å². The third-order valence-corrected chi connectivity index (χ3v) is 9.07. The lowest BCUT2D eigenvalue weighted by molar-refractivity contribution is 0.136. The van der Waals surface area contributed by atoms with E-state index in [0.29, 0.717) is 12.5 Å². The minimum absolute atomic E-state index is 0.658. The molecule has 0 radical (unpaired) electrons. The van der Waals surface area contributed by atoms with Gasteiger partial charge >= 0.3 is 0 Å². The minimum Gasteiger partial charge on any atom is -0.330 e. The summed E-state index contributed by atoms with van der Waals surface area (Å²) >= 11 is 0. The lowest BCUT2D eigenvalue weighted by Gasteiger charge is -2.46. The molecule has 4 aliphatic carbocycles. The van der Waals surface area contributed by atoms with Crippen molar-refractivity contribution in [1.29, 1.82) is 0 Å². The van der Waals surface area contributed by atoms with Crippen LogP contribution in [0.4, 0.5) is 0 Å². The first-order chi connectivity index (χ1) is 16.3. The van der Waals surface area contributed by atoms with Gasteiger partial charge < -0.3 is 11.5 Å². The average molecular weight is 449 g/mol. The Morgan fingerprint density at radius 1 is 0.879 bits per heavy atom. The van der Waals surface area contributed by atoms with Gasteiger partial charge in [-0.15, -0.1) is 0 Å². The SMILES string of the molecule is NC/C=C\C[C@H]1CC=C(C2C=CC(C3CCC(/C=C/CCCN)CC3)C3CCC=CC23)CC1. The van der Waals surface area contributed by atoms with Gasteiger partial charge in [0, 0.05) is 12.5 Å². The van der Waals surface area contributed by atoms with Gasteiger partial charge in [-0.05, 0) is 119 Å². The Labute approximate surface area is 203 Å². The summed E-state index contributed by atoms with van der Waals surface area (Å²) in [7, 11) is 0. The molecule has 1 fully saturated rings. The van der Waals surface area contributed by atoms with Crippen molar-refractivity contribution in [2.75, 3.05) is 13.1 Å². The Morgan fingerprint density at radius 3 is 2.52 bits per heavy atom. The third-order valence-electron chi connectivity index (χ3n) is 9.07. The van der Waals surface area contributed by atoms with Crippen LogP contribution in [-0.4, -0.2) is 13.1 Å². The molecular formula is C31H48N2. The summed E-state index contributed by atoms with van der Waals surface area (Å²) in [5, 5.41) is 0. The highest BCUT2D eigenvalue weighted by molar-refractivity contribution is 5.25. The molecule has 4 unspecified atom stereocenters. The van der Waals surface area contributed by atoms with E-state index in [0.717, 1.165) is 54.9 Å². The second kappa shape index (κ2) is 12.9. The van der Waals surface area contributed by atoms with Crippen LogP contribution in [0.2, 0.25) is 0 Å². The Balaban J connectivity index is 1.36. The number of allylic oxidation sites excluding steroid dienone is 9. The van der Waals surface area contributed by atoms with Gasteiger partial charge in [-0.25, -0.2) is 0 Å². The van der Waals surface area contributed by atoms with Crippen molar-refractivity contribution in [3.05, 3.63) is 60.3 Å². The number of unbranched alkanes of at least 4 members (excludes halogenated alkanes) is 1. The maximum absolute atomic E-state index is 5.63. The zero-order chi connectivity index (χ0) is 22.9. The highest BCUT2D eigenvalue weighted by Crippen LogP contribution is 2.50. The molecule has 2 nitrogen and oxygen atoms in total. The van der Waals surface area contributed by atoms with E-state index >= 15 is 0 Å². The van der Waals surface area contributed by atoms with Crippen LogP contribution in [0.15, 0.2) is 60.3 Å². The lowest BCUT2D eigenvalue weighted by atomic mass is 9.59. The van der Waals surface area contributed by atoms with E-state index in [-0.39, 0.29) is 0 Å². The topological polar surface area (TPSA) is 52.0 Å². The van der Waals surface area contributed by atoms with Gasteiger partial charge in [-0.2, -0.15) is 0 Å². The normalized spacial score (nSPS) is 36.9. The predicted octanol–water partition coefficient (Wildman–Crippen LogP) is 7.10. The van der Waals surface area contributed by atoms with Crippen LogP contribution in [-0.2, 0) is 0 Å². The van der Waals surface area contributed by atoms with Crippen molar-refractivity contribution in [2.24, 2.45) is 52.9 Å². The summed E-state index contributed by atoms with van der Waals surface area (Å²) in [6.07, 6.45) is 38.0. The Morgan fingerprint density at radius 2 is 1.76 bits per heavy atom. The summed E-state index contributed by atoms with van der Waals surface area (Å²) in [6, 6.07) is 0. The zero-order valence-corrected chi connectivity index (χ0v) is 20.8. The Kier molecular flexibility index (Phi) is 9.68. The van der Waals surface area contributed by atoms with Gasteiger partial charge in [0.2, 0.25) is 0 Å². The quantitative estimate of drug-likeness (QED) is 0.292. The fraction of sp³-hybridized carbons (Fsp3) is 0.677. The van der Waals surface area contributed by atoms with Gasteiger partial charge in [-0.3, -0.25) is 0 Å². The molecule has 0 aliphatic heterocycles. The van der Waals surface area contributed by atoms with Crippen molar-refractivity contribution >= 4 is 0 Å². The van der Waals surface area contributed by atoms with E-state index in [2.05, 4.69) is 54.7 Å². The molecule has 0 amide bonds. The van der Waals surface area contributed by atoms with Crippen molar-refractivity contribution in [1.82, 2.24) is 0 Å². The molecule has 4 rings (SSSR count). The fourth-order valence-corrected chi connectivity index (χ4v) is 7.17. The number of nitrogens with two attached hydrogens (primary N) is 2. The van der Waals surface area contributed by atoms with E-state index < -0.39 is 0 Å². The van der Waals surface area contributed by atoms with Crippen molar-refractivity contribution in [3.63, 3.8) is 0 Å². The molecule has 33 heavy (non-hydrogen) atoms. The first-order valence-corrected chi connectivity index (χ1v) is 14.1. The molecule has 0 heterocycles. The summed E-state index contributed by atoms with van der Waals surface area (Å²) in [4.78, 5) is 0. The monoisotopic (exact) mass is 448 g/mol. The maximum Gasteiger partial charge on any atom is 0.0106 e. The second-order valence-corrected chi connectivity index (χ2v) is 11.1. The van der Waals surface area contributed by atoms with Crippen LogP contribution < -0.4 is 11.5 Å². The first kappa shape index (κ1) is 24.7. The Hall–Kier alpha value is -1.38. The average Bonchev–Trinajstić information content (AvgIpc) is 2.87. The highest BCUT2D eigenvalue weighted by Gasteiger charge is 2.41. The fourth-order valence-electron chi connectivity index (χ4n) is 7.17. The Bertz CT molecular complexity index is 734. The van der Waals surface area contributed by atoms with E-state index in [1.165, 1.54) is 64.2 Å². The zero-order valence-electron chi connectivity index (χ0n) is 20.8. The van der Waals surface area contributed by atoms with Crippen molar-refractivity contribution in [3.8, 4) is 0 Å². The molecule has 0 spiro atoms. The van der Waals surface area contributed by atoms with Crippen LogP contribution in [0.25, 0.3) is 0 Å². The minimum atomic E-state index is 0.658. The van der Waals surface area contributed by atoms with Crippen molar-refractivity contribution in [2.45, 2.75) is 77.0 Å². The second-order valence-electron chi connectivity index (χ2n) is 11.1. The number of fused-ring (bicyclic) bond motifs is 1. The van der Waals surface area contributed by atoms with Gasteiger partial charge in [0.1, 0.15) is 0 Å². The standard InChI is InChI=1S/C31H48N2/c32-22-6-1-2-8-24-12-16-26(17-13-24)28-20-21-29(31-11-4-3-10-30(28)31)27-18-14-25(15-19-27)9-5-7-23-33/h2,4-5,7-8,11,18,20-21,24-26,28-31H,1,3,6,9-10,12-17,19,22-23,32-33H2/b7-5-,8-2+/t24?,25-,26?,28?,29?,30?,31?/m0/s1. The van der Waals surface area contributed by atoms with Crippen molar-refractivity contribution < 1.29 is 0 Å². The number of hydrogen-bond donors (Lipinski definition) is 2. The number of hydrogen-bond acceptors (Lipinski definition) is 2. The summed E-state index contributed by atoms with van der Waals surface area (Å²) in [6.45, 7) is 1.48. The van der Waals surface area contributed by atoms with E-state index in [1.807, 2.05) is 0 Å². The predicted molar refractivity (Wildman–Crippen MR) is 143 cm³/mol. The molecule has 0 aromatic rings. The van der Waals surface area contributed by atoms with E-state index in [4.69, 9.17) is 11.5 Å². The molecule has 4 N–H and O–H groups in total. The molecule has 2 heteroatoms. The summed E-state index contributed by atoms with van der Waals surface area (Å²) in [5.74, 6) is 5.58. The molecule has 182 valence electrons. The van der Waals surface area contributed by atoms with Crippen LogP contribution in [0.1, 0.15) is 77.0 Å². The molecule has 0 aromatic heterocycles. The molecule has 4 aliphatic rings. The van der Waals surface area contributed by atoms with Crippen LogP contribution in [0.5, 0.6) is 0 Å². The number of rotatable bonds is 9. The summed E-state index contributed by atoms with van der Waals surface area (Å²) < 4.78 is 0. The molecular weight excluding hydrogens is 400 g/mol. The molecule has 0 saturated heterocycles. The van der Waals surface area contributed by atoms with E-state index in [1.54, 1.807) is 5.57 Å². The largest absolute Gasteiger partial charge is 0.330 e. The van der Waals surface area contributed by atoms with Gasteiger partial charge in [0.25, 0.3) is 0 Å². The third kappa shape index (κ3) is 6.61. The lowest BCUT2D eigenvalue weighted by Crippen LogP contribution is -2.37. The summed E-state index contributed by atoms with van der Waals surface area (Å²) in [5.41, 5.74) is 13.0.